The van der Waals surface area contributed by atoms with Gasteiger partial charge in [-0.05, 0) is 25.8 Å². The predicted molar refractivity (Wildman–Crippen MR) is 68.6 cm³/mol. The van der Waals surface area contributed by atoms with E-state index in [-0.39, 0.29) is 0 Å². The average molecular weight is 223 g/mol. The summed E-state index contributed by atoms with van der Waals surface area (Å²) in [6, 6.07) is 0.490. The van der Waals surface area contributed by atoms with Gasteiger partial charge in [-0.1, -0.05) is 20.8 Å². The van der Waals surface area contributed by atoms with E-state index in [0.717, 1.165) is 25.4 Å². The molecule has 1 N–H and O–H groups in total. The van der Waals surface area contributed by atoms with E-state index in [1.54, 1.807) is 0 Å². The Hall–Kier alpha value is -0.830. The highest BCUT2D eigenvalue weighted by molar-refractivity contribution is 4.94. The number of nitrogens with one attached hydrogen (secondary N) is 1. The van der Waals surface area contributed by atoms with E-state index in [1.807, 2.05) is 6.20 Å². The summed E-state index contributed by atoms with van der Waals surface area (Å²) >= 11 is 0. The Morgan fingerprint density at radius 1 is 1.38 bits per heavy atom. The molecule has 3 nitrogen and oxygen atoms in total. The van der Waals surface area contributed by atoms with Crippen molar-refractivity contribution in [3.05, 3.63) is 18.2 Å². The fourth-order valence-electron chi connectivity index (χ4n) is 1.82. The van der Waals surface area contributed by atoms with Crippen molar-refractivity contribution in [3.63, 3.8) is 0 Å². The fraction of sp³-hybridized carbons (Fsp3) is 0.769. The lowest BCUT2D eigenvalue weighted by Crippen LogP contribution is -2.25. The van der Waals surface area contributed by atoms with Gasteiger partial charge in [0.2, 0.25) is 0 Å². The molecule has 16 heavy (non-hydrogen) atoms. The molecule has 0 radical (unpaired) electrons. The molecule has 1 heterocycles. The van der Waals surface area contributed by atoms with Gasteiger partial charge in [0.15, 0.2) is 0 Å². The maximum atomic E-state index is 4.35. The summed E-state index contributed by atoms with van der Waals surface area (Å²) in [5, 5.41) is 3.51. The first kappa shape index (κ1) is 13.2. The number of nitrogens with zero attached hydrogens (tertiary/aromatic N) is 2. The molecule has 0 saturated carbocycles. The number of aromatic nitrogens is 2. The number of hydrogen-bond acceptors (Lipinski definition) is 2. The largest absolute Gasteiger partial charge is 0.331 e. The molecule has 0 aliphatic carbocycles. The van der Waals surface area contributed by atoms with E-state index in [9.17, 15) is 0 Å². The van der Waals surface area contributed by atoms with Crippen LogP contribution in [0.25, 0.3) is 0 Å². The van der Waals surface area contributed by atoms with Crippen LogP contribution in [0.5, 0.6) is 0 Å². The summed E-state index contributed by atoms with van der Waals surface area (Å²) in [6.07, 6.45) is 6.22. The van der Waals surface area contributed by atoms with Crippen LogP contribution in [0.4, 0.5) is 0 Å². The third kappa shape index (κ3) is 3.97. The van der Waals surface area contributed by atoms with Crippen LogP contribution in [0.3, 0.4) is 0 Å². The Labute approximate surface area is 99.3 Å². The zero-order chi connectivity index (χ0) is 12.0. The molecule has 0 amide bonds. The minimum absolute atomic E-state index is 0.490. The number of imidazole rings is 1. The smallest absolute Gasteiger partial charge is 0.108 e. The van der Waals surface area contributed by atoms with Crippen LogP contribution in [-0.2, 0) is 6.42 Å². The van der Waals surface area contributed by atoms with E-state index in [2.05, 4.69) is 48.8 Å². The van der Waals surface area contributed by atoms with Gasteiger partial charge in [-0.15, -0.1) is 0 Å². The molecule has 0 aliphatic rings. The molecule has 0 fully saturated rings. The van der Waals surface area contributed by atoms with Gasteiger partial charge in [-0.25, -0.2) is 4.98 Å². The number of hydrogen-bond donors (Lipinski definition) is 1. The third-order valence-electron chi connectivity index (χ3n) is 2.88. The van der Waals surface area contributed by atoms with Crippen molar-refractivity contribution >= 4 is 0 Å². The van der Waals surface area contributed by atoms with Crippen molar-refractivity contribution in [2.24, 2.45) is 5.92 Å². The first-order valence-electron chi connectivity index (χ1n) is 6.37. The first-order chi connectivity index (χ1) is 7.65. The van der Waals surface area contributed by atoms with Crippen molar-refractivity contribution in [1.29, 1.82) is 0 Å². The van der Waals surface area contributed by atoms with Crippen LogP contribution in [0.2, 0.25) is 0 Å². The van der Waals surface area contributed by atoms with E-state index in [1.165, 1.54) is 12.2 Å². The van der Waals surface area contributed by atoms with Crippen molar-refractivity contribution in [1.82, 2.24) is 14.9 Å². The molecule has 1 aromatic heterocycles. The predicted octanol–water partition coefficient (Wildman–Crippen LogP) is 2.64. The van der Waals surface area contributed by atoms with Gasteiger partial charge in [0, 0.05) is 31.4 Å². The summed E-state index contributed by atoms with van der Waals surface area (Å²) in [7, 11) is 0. The molecule has 1 rings (SSSR count). The summed E-state index contributed by atoms with van der Waals surface area (Å²) in [5.41, 5.74) is 0. The first-order valence-corrected chi connectivity index (χ1v) is 6.37. The van der Waals surface area contributed by atoms with Gasteiger partial charge in [0.25, 0.3) is 0 Å². The van der Waals surface area contributed by atoms with E-state index in [4.69, 9.17) is 0 Å². The molecule has 0 spiro atoms. The lowest BCUT2D eigenvalue weighted by Gasteiger charge is -2.17. The minimum Gasteiger partial charge on any atom is -0.331 e. The zero-order valence-electron chi connectivity index (χ0n) is 11.0. The summed E-state index contributed by atoms with van der Waals surface area (Å²) in [6.45, 7) is 11.0. The molecule has 0 aromatic carbocycles. The molecule has 0 aliphatic heterocycles. The van der Waals surface area contributed by atoms with Gasteiger partial charge in [0.1, 0.15) is 5.82 Å². The monoisotopic (exact) mass is 223 g/mol. The highest BCUT2D eigenvalue weighted by atomic mass is 15.1. The Bertz CT molecular complexity index is 291. The van der Waals surface area contributed by atoms with E-state index >= 15 is 0 Å². The van der Waals surface area contributed by atoms with Gasteiger partial charge >= 0.3 is 0 Å². The average Bonchev–Trinajstić information content (AvgIpc) is 2.71. The van der Waals surface area contributed by atoms with Crippen molar-refractivity contribution in [2.75, 3.05) is 13.1 Å². The van der Waals surface area contributed by atoms with Crippen LogP contribution in [0, 0.1) is 5.92 Å². The zero-order valence-corrected chi connectivity index (χ0v) is 11.0. The topological polar surface area (TPSA) is 29.9 Å². The van der Waals surface area contributed by atoms with Crippen molar-refractivity contribution in [2.45, 2.75) is 46.6 Å². The lowest BCUT2D eigenvalue weighted by atomic mass is 10.1. The Kier molecular flexibility index (Phi) is 5.53. The normalized spacial score (nSPS) is 13.3. The van der Waals surface area contributed by atoms with Crippen LogP contribution in [-0.4, -0.2) is 22.6 Å². The second kappa shape index (κ2) is 6.69. The SMILES string of the molecule is CCc1nccn1C(C)CNCCC(C)C. The van der Waals surface area contributed by atoms with Crippen LogP contribution in [0.1, 0.15) is 46.0 Å². The molecule has 92 valence electrons. The number of rotatable bonds is 7. The molecule has 0 saturated heterocycles. The van der Waals surface area contributed by atoms with Crippen LogP contribution >= 0.6 is 0 Å². The molecule has 0 bridgehead atoms. The third-order valence-corrected chi connectivity index (χ3v) is 2.88. The van der Waals surface area contributed by atoms with Crippen LogP contribution < -0.4 is 5.32 Å². The summed E-state index contributed by atoms with van der Waals surface area (Å²) < 4.78 is 2.27. The van der Waals surface area contributed by atoms with Crippen molar-refractivity contribution in [3.8, 4) is 0 Å². The summed E-state index contributed by atoms with van der Waals surface area (Å²) in [4.78, 5) is 4.35. The quantitative estimate of drug-likeness (QED) is 0.720. The Morgan fingerprint density at radius 2 is 2.12 bits per heavy atom. The highest BCUT2D eigenvalue weighted by Gasteiger charge is 2.07. The maximum Gasteiger partial charge on any atom is 0.108 e. The second-order valence-corrected chi connectivity index (χ2v) is 4.84. The molecule has 3 heteroatoms. The van der Waals surface area contributed by atoms with Crippen LogP contribution in [0.15, 0.2) is 12.4 Å². The summed E-state index contributed by atoms with van der Waals surface area (Å²) in [5.74, 6) is 1.96. The fourth-order valence-corrected chi connectivity index (χ4v) is 1.82. The van der Waals surface area contributed by atoms with Gasteiger partial charge < -0.3 is 9.88 Å². The standard InChI is InChI=1S/C13H25N3/c1-5-13-15-8-9-16(13)12(4)10-14-7-6-11(2)3/h8-9,11-12,14H,5-7,10H2,1-4H3. The second-order valence-electron chi connectivity index (χ2n) is 4.84. The molecule has 1 aromatic rings. The van der Waals surface area contributed by atoms with Crippen molar-refractivity contribution < 1.29 is 0 Å². The molecule has 1 atom stereocenters. The Morgan fingerprint density at radius 3 is 2.75 bits per heavy atom. The maximum absolute atomic E-state index is 4.35. The minimum atomic E-state index is 0.490. The highest BCUT2D eigenvalue weighted by Crippen LogP contribution is 2.08. The van der Waals surface area contributed by atoms with Gasteiger partial charge in [-0.2, -0.15) is 0 Å². The molecular formula is C13H25N3. The van der Waals surface area contributed by atoms with E-state index in [0.29, 0.717) is 6.04 Å². The van der Waals surface area contributed by atoms with E-state index < -0.39 is 0 Å². The Balaban J connectivity index is 2.32. The molecule has 1 unspecified atom stereocenters. The number of aryl methyl sites for hydroxylation is 1. The van der Waals surface area contributed by atoms with Gasteiger partial charge in [0.05, 0.1) is 0 Å². The lowest BCUT2D eigenvalue weighted by molar-refractivity contribution is 0.458. The van der Waals surface area contributed by atoms with Gasteiger partial charge in [-0.3, -0.25) is 0 Å². The molecular weight excluding hydrogens is 198 g/mol.